The number of guanidine groups is 1. The Labute approximate surface area is 237 Å². The van der Waals surface area contributed by atoms with E-state index < -0.39 is 41.2 Å². The highest BCUT2D eigenvalue weighted by Gasteiger charge is 2.34. The van der Waals surface area contributed by atoms with Gasteiger partial charge in [0.1, 0.15) is 17.7 Å². The van der Waals surface area contributed by atoms with Crippen LogP contribution in [0.3, 0.4) is 0 Å². The van der Waals surface area contributed by atoms with Gasteiger partial charge in [-0.3, -0.25) is 15.0 Å². The van der Waals surface area contributed by atoms with Gasteiger partial charge in [-0.15, -0.1) is 0 Å². The summed E-state index contributed by atoms with van der Waals surface area (Å²) in [6.45, 7) is -0.0812. The van der Waals surface area contributed by atoms with Gasteiger partial charge < -0.3 is 26.3 Å². The summed E-state index contributed by atoms with van der Waals surface area (Å²) in [7, 11) is 0. The SMILES string of the molecule is N=C(N)NCCC(=O)N(CCc1c[nH]c2cc(F)ccc12)C(C(=O)Nc1ccc(F)cc1)c1ccc(C(F)(F)F)cc1. The predicted molar refractivity (Wildman–Crippen MR) is 147 cm³/mol. The highest BCUT2D eigenvalue weighted by atomic mass is 19.4. The van der Waals surface area contributed by atoms with Crippen LogP contribution in [0, 0.1) is 17.0 Å². The van der Waals surface area contributed by atoms with Crippen LogP contribution in [0.15, 0.2) is 72.9 Å². The van der Waals surface area contributed by atoms with Gasteiger partial charge in [0.15, 0.2) is 5.96 Å². The molecule has 8 nitrogen and oxygen atoms in total. The first-order valence-electron chi connectivity index (χ1n) is 12.8. The number of hydrogen-bond donors (Lipinski definition) is 5. The molecule has 220 valence electrons. The fourth-order valence-electron chi connectivity index (χ4n) is 4.52. The van der Waals surface area contributed by atoms with Crippen LogP contribution in [0.4, 0.5) is 27.6 Å². The number of hydrogen-bond acceptors (Lipinski definition) is 3. The number of halogens is 5. The standard InChI is InChI=1S/C29H27F5N6O2/c30-20-5-8-22(9-6-20)39-27(42)26(17-1-3-19(4-2-17)29(32,33)34)40(25(41)11-13-37-28(35)36)14-12-18-16-38-24-15-21(31)7-10-23(18)24/h1-10,15-16,26,38H,11-14H2,(H,39,42)(H4,35,36,37). The third-order valence-electron chi connectivity index (χ3n) is 6.55. The van der Waals surface area contributed by atoms with E-state index in [2.05, 4.69) is 15.6 Å². The monoisotopic (exact) mass is 586 g/mol. The van der Waals surface area contributed by atoms with E-state index in [1.54, 1.807) is 12.3 Å². The van der Waals surface area contributed by atoms with Gasteiger partial charge in [0.05, 0.1) is 5.56 Å². The van der Waals surface area contributed by atoms with E-state index in [4.69, 9.17) is 11.1 Å². The molecule has 2 amide bonds. The number of aromatic nitrogens is 1. The van der Waals surface area contributed by atoms with E-state index in [1.165, 1.54) is 29.2 Å². The molecular weight excluding hydrogens is 559 g/mol. The lowest BCUT2D eigenvalue weighted by Crippen LogP contribution is -2.44. The number of fused-ring (bicyclic) bond motifs is 1. The number of carbonyl (C=O) groups is 2. The van der Waals surface area contributed by atoms with Crippen molar-refractivity contribution in [1.29, 1.82) is 5.41 Å². The van der Waals surface area contributed by atoms with Crippen molar-refractivity contribution < 1.29 is 31.5 Å². The first-order valence-corrected chi connectivity index (χ1v) is 12.8. The third-order valence-corrected chi connectivity index (χ3v) is 6.55. The topological polar surface area (TPSA) is 127 Å². The van der Waals surface area contributed by atoms with E-state index in [0.29, 0.717) is 10.9 Å². The van der Waals surface area contributed by atoms with E-state index in [9.17, 15) is 31.5 Å². The molecule has 0 aliphatic rings. The number of nitrogens with one attached hydrogen (secondary N) is 4. The fourth-order valence-corrected chi connectivity index (χ4v) is 4.52. The normalized spacial score (nSPS) is 12.1. The van der Waals surface area contributed by atoms with Crippen LogP contribution < -0.4 is 16.4 Å². The molecule has 0 fully saturated rings. The summed E-state index contributed by atoms with van der Waals surface area (Å²) in [6, 6.07) is 11.6. The van der Waals surface area contributed by atoms with Crippen molar-refractivity contribution in [1.82, 2.24) is 15.2 Å². The molecule has 0 aliphatic carbocycles. The minimum atomic E-state index is -4.62. The van der Waals surface area contributed by atoms with Crippen LogP contribution in [-0.2, 0) is 22.2 Å². The maximum atomic E-state index is 13.7. The van der Waals surface area contributed by atoms with Crippen molar-refractivity contribution >= 4 is 34.4 Å². The van der Waals surface area contributed by atoms with Gasteiger partial charge >= 0.3 is 6.18 Å². The number of anilines is 1. The molecule has 0 spiro atoms. The lowest BCUT2D eigenvalue weighted by Gasteiger charge is -2.32. The number of H-pyrrole nitrogens is 1. The molecule has 0 saturated heterocycles. The Bertz CT molecular complexity index is 1570. The molecule has 6 N–H and O–H groups in total. The van der Waals surface area contributed by atoms with Crippen molar-refractivity contribution in [2.24, 2.45) is 5.73 Å². The molecule has 1 unspecified atom stereocenters. The van der Waals surface area contributed by atoms with Crippen molar-refractivity contribution in [3.63, 3.8) is 0 Å². The Balaban J connectivity index is 1.71. The molecule has 1 aromatic heterocycles. The largest absolute Gasteiger partial charge is 0.416 e. The maximum absolute atomic E-state index is 13.7. The summed E-state index contributed by atoms with van der Waals surface area (Å²) in [5.74, 6) is -2.64. The molecular formula is C29H27F5N6O2. The molecule has 0 aliphatic heterocycles. The molecule has 0 bridgehead atoms. The summed E-state index contributed by atoms with van der Waals surface area (Å²) in [5, 5.41) is 13.2. The highest BCUT2D eigenvalue weighted by molar-refractivity contribution is 5.98. The number of benzene rings is 3. The summed E-state index contributed by atoms with van der Waals surface area (Å²) in [5.41, 5.74) is 5.95. The van der Waals surface area contributed by atoms with Crippen molar-refractivity contribution in [2.75, 3.05) is 18.4 Å². The third kappa shape index (κ3) is 7.42. The van der Waals surface area contributed by atoms with Gasteiger partial charge in [-0.1, -0.05) is 12.1 Å². The van der Waals surface area contributed by atoms with Gasteiger partial charge in [0.2, 0.25) is 5.91 Å². The van der Waals surface area contributed by atoms with Crippen LogP contribution in [0.25, 0.3) is 10.9 Å². The number of aromatic amines is 1. The second kappa shape index (κ2) is 12.7. The Morgan fingerprint density at radius 2 is 1.64 bits per heavy atom. The lowest BCUT2D eigenvalue weighted by atomic mass is 10.0. The van der Waals surface area contributed by atoms with Crippen molar-refractivity contribution in [3.05, 3.63) is 101 Å². The molecule has 4 aromatic rings. The number of nitrogens with two attached hydrogens (primary N) is 1. The zero-order valence-electron chi connectivity index (χ0n) is 22.1. The summed E-state index contributed by atoms with van der Waals surface area (Å²) < 4.78 is 67.0. The minimum Gasteiger partial charge on any atom is -0.370 e. The Morgan fingerprint density at radius 1 is 0.976 bits per heavy atom. The number of nitrogens with zero attached hydrogens (tertiary/aromatic N) is 1. The molecule has 1 heterocycles. The van der Waals surface area contributed by atoms with Crippen LogP contribution >= 0.6 is 0 Å². The fraction of sp³-hybridized carbons (Fsp3) is 0.207. The minimum absolute atomic E-state index is 0.0314. The van der Waals surface area contributed by atoms with Crippen LogP contribution in [-0.4, -0.2) is 40.7 Å². The molecule has 3 aromatic carbocycles. The van der Waals surface area contributed by atoms with Crippen LogP contribution in [0.5, 0.6) is 0 Å². The van der Waals surface area contributed by atoms with Crippen molar-refractivity contribution in [2.45, 2.75) is 25.1 Å². The molecule has 42 heavy (non-hydrogen) atoms. The molecule has 1 atom stereocenters. The maximum Gasteiger partial charge on any atom is 0.416 e. The Morgan fingerprint density at radius 3 is 2.29 bits per heavy atom. The van der Waals surface area contributed by atoms with Crippen molar-refractivity contribution in [3.8, 4) is 0 Å². The van der Waals surface area contributed by atoms with E-state index in [0.717, 1.165) is 42.0 Å². The van der Waals surface area contributed by atoms with Crippen LogP contribution in [0.1, 0.15) is 29.2 Å². The lowest BCUT2D eigenvalue weighted by molar-refractivity contribution is -0.139. The Kier molecular flexibility index (Phi) is 9.09. The second-order valence-electron chi connectivity index (χ2n) is 9.45. The number of amides is 2. The quantitative estimate of drug-likeness (QED) is 0.101. The van der Waals surface area contributed by atoms with Gasteiger partial charge in [-0.25, -0.2) is 8.78 Å². The average molecular weight is 587 g/mol. The van der Waals surface area contributed by atoms with Gasteiger partial charge in [0, 0.05) is 42.3 Å². The predicted octanol–water partition coefficient (Wildman–Crippen LogP) is 5.09. The number of carbonyl (C=O) groups excluding carboxylic acids is 2. The smallest absolute Gasteiger partial charge is 0.370 e. The summed E-state index contributed by atoms with van der Waals surface area (Å²) in [6.07, 6.45) is -2.96. The first-order chi connectivity index (χ1) is 19.9. The number of rotatable bonds is 10. The summed E-state index contributed by atoms with van der Waals surface area (Å²) in [4.78, 5) is 31.4. The van der Waals surface area contributed by atoms with E-state index in [-0.39, 0.29) is 43.1 Å². The molecule has 4 rings (SSSR count). The van der Waals surface area contributed by atoms with Gasteiger partial charge in [0.25, 0.3) is 5.91 Å². The highest BCUT2D eigenvalue weighted by Crippen LogP contribution is 2.32. The summed E-state index contributed by atoms with van der Waals surface area (Å²) >= 11 is 0. The molecule has 13 heteroatoms. The first kappa shape index (κ1) is 30.0. The Hall–Kier alpha value is -4.94. The average Bonchev–Trinajstić information content (AvgIpc) is 3.33. The zero-order valence-corrected chi connectivity index (χ0v) is 22.1. The molecule has 0 saturated carbocycles. The van der Waals surface area contributed by atoms with Gasteiger partial charge in [-0.2, -0.15) is 13.2 Å². The second-order valence-corrected chi connectivity index (χ2v) is 9.45. The van der Waals surface area contributed by atoms with Gasteiger partial charge in [-0.05, 0) is 72.1 Å². The molecule has 0 radical (unpaired) electrons. The zero-order chi connectivity index (χ0) is 30.4. The van der Waals surface area contributed by atoms with Crippen LogP contribution in [0.2, 0.25) is 0 Å². The van der Waals surface area contributed by atoms with E-state index in [1.807, 2.05) is 0 Å². The van der Waals surface area contributed by atoms with E-state index >= 15 is 0 Å². The number of alkyl halides is 3.